The molecule has 6 nitrogen and oxygen atoms in total. The predicted molar refractivity (Wildman–Crippen MR) is 49.9 cm³/mol. The Kier molecular flexibility index (Phi) is 2.61. The number of aromatic nitrogens is 2. The highest BCUT2D eigenvalue weighted by atomic mass is 16.3. The minimum atomic E-state index is -0.858. The van der Waals surface area contributed by atoms with Crippen LogP contribution in [-0.2, 0) is 0 Å². The summed E-state index contributed by atoms with van der Waals surface area (Å²) >= 11 is 0. The number of hydrogen-bond donors (Lipinski definition) is 2. The van der Waals surface area contributed by atoms with Crippen LogP contribution in [0.15, 0.2) is 18.5 Å². The second-order valence-corrected chi connectivity index (χ2v) is 3.48. The van der Waals surface area contributed by atoms with Gasteiger partial charge in [-0.15, -0.1) is 0 Å². The molecule has 0 aromatic carbocycles. The van der Waals surface area contributed by atoms with E-state index < -0.39 is 12.2 Å². The number of likely N-dealkylation sites (tertiary alicyclic amines) is 1. The van der Waals surface area contributed by atoms with Gasteiger partial charge in [-0.2, -0.15) is 10.2 Å². The number of rotatable bonds is 1. The summed E-state index contributed by atoms with van der Waals surface area (Å²) in [6, 6.07) is 1.55. The number of aliphatic hydroxyl groups excluding tert-OH is 2. The van der Waals surface area contributed by atoms with Crippen LogP contribution >= 0.6 is 0 Å². The number of carbonyl (C=O) groups is 1. The minimum Gasteiger partial charge on any atom is -0.388 e. The quantitative estimate of drug-likeness (QED) is 0.597. The average Bonchev–Trinajstić information content (AvgIpc) is 2.59. The average molecular weight is 209 g/mol. The van der Waals surface area contributed by atoms with Crippen molar-refractivity contribution in [2.24, 2.45) is 0 Å². The third-order valence-electron chi connectivity index (χ3n) is 2.38. The molecule has 2 heterocycles. The lowest BCUT2D eigenvalue weighted by atomic mass is 10.3. The van der Waals surface area contributed by atoms with Crippen LogP contribution in [0.2, 0.25) is 0 Å². The van der Waals surface area contributed by atoms with Crippen LogP contribution in [-0.4, -0.2) is 56.5 Å². The van der Waals surface area contributed by atoms with Crippen molar-refractivity contribution in [3.8, 4) is 0 Å². The Balaban J connectivity index is 2.10. The van der Waals surface area contributed by atoms with Gasteiger partial charge in [0.2, 0.25) is 0 Å². The lowest BCUT2D eigenvalue weighted by molar-refractivity contribution is 0.0572. The van der Waals surface area contributed by atoms with Crippen molar-refractivity contribution >= 4 is 5.91 Å². The Morgan fingerprint density at radius 1 is 1.33 bits per heavy atom. The molecule has 1 saturated heterocycles. The molecule has 1 fully saturated rings. The first-order valence-corrected chi connectivity index (χ1v) is 4.60. The summed E-state index contributed by atoms with van der Waals surface area (Å²) in [4.78, 5) is 13.2. The van der Waals surface area contributed by atoms with Crippen LogP contribution in [0.3, 0.4) is 0 Å². The van der Waals surface area contributed by atoms with Crippen molar-refractivity contribution in [3.05, 3.63) is 24.0 Å². The highest BCUT2D eigenvalue weighted by Crippen LogP contribution is 2.13. The Labute approximate surface area is 86.2 Å². The van der Waals surface area contributed by atoms with Crippen LogP contribution in [0, 0.1) is 0 Å². The largest absolute Gasteiger partial charge is 0.388 e. The number of nitrogens with zero attached hydrogens (tertiary/aromatic N) is 3. The maximum Gasteiger partial charge on any atom is 0.255 e. The fourth-order valence-electron chi connectivity index (χ4n) is 1.54. The topological polar surface area (TPSA) is 86.6 Å². The van der Waals surface area contributed by atoms with E-state index >= 15 is 0 Å². The first kappa shape index (κ1) is 10.0. The van der Waals surface area contributed by atoms with Gasteiger partial charge >= 0.3 is 0 Å². The van der Waals surface area contributed by atoms with Crippen molar-refractivity contribution in [1.82, 2.24) is 15.1 Å². The molecule has 6 heteroatoms. The number of aliphatic hydroxyl groups is 2. The molecule has 0 bridgehead atoms. The minimum absolute atomic E-state index is 0.155. The van der Waals surface area contributed by atoms with E-state index in [1.807, 2.05) is 0 Å². The summed E-state index contributed by atoms with van der Waals surface area (Å²) in [7, 11) is 0. The fraction of sp³-hybridized carbons (Fsp3) is 0.444. The Morgan fingerprint density at radius 2 is 2.00 bits per heavy atom. The number of hydrogen-bond acceptors (Lipinski definition) is 5. The van der Waals surface area contributed by atoms with Crippen molar-refractivity contribution in [2.45, 2.75) is 12.2 Å². The van der Waals surface area contributed by atoms with E-state index in [0.29, 0.717) is 5.56 Å². The highest BCUT2D eigenvalue weighted by molar-refractivity contribution is 5.94. The summed E-state index contributed by atoms with van der Waals surface area (Å²) in [5, 5.41) is 25.7. The zero-order valence-electron chi connectivity index (χ0n) is 7.95. The smallest absolute Gasteiger partial charge is 0.255 e. The molecular formula is C9H11N3O3. The fourth-order valence-corrected chi connectivity index (χ4v) is 1.54. The zero-order valence-corrected chi connectivity index (χ0v) is 7.95. The Morgan fingerprint density at radius 3 is 2.53 bits per heavy atom. The van der Waals surface area contributed by atoms with Crippen LogP contribution in [0.1, 0.15) is 10.4 Å². The van der Waals surface area contributed by atoms with Gasteiger partial charge in [-0.3, -0.25) is 4.79 Å². The van der Waals surface area contributed by atoms with Crippen molar-refractivity contribution < 1.29 is 15.0 Å². The Bertz CT molecular complexity index is 347. The lowest BCUT2D eigenvalue weighted by Gasteiger charge is -2.14. The van der Waals surface area contributed by atoms with Gasteiger partial charge in [0.15, 0.2) is 0 Å². The van der Waals surface area contributed by atoms with E-state index in [1.54, 1.807) is 6.07 Å². The predicted octanol–water partition coefficient (Wildman–Crippen LogP) is -1.35. The van der Waals surface area contributed by atoms with E-state index in [1.165, 1.54) is 17.3 Å². The monoisotopic (exact) mass is 209 g/mol. The molecule has 2 rings (SSSR count). The SMILES string of the molecule is O=C(c1ccnnc1)N1C[C@@H](O)[C@@H](O)C1. The number of β-amino-alcohol motifs (C(OH)–C–C–N with tert-alkyl or cyclic N) is 2. The van der Waals surface area contributed by atoms with E-state index in [9.17, 15) is 15.0 Å². The summed E-state index contributed by atoms with van der Waals surface area (Å²) in [5.41, 5.74) is 0.409. The molecule has 0 spiro atoms. The van der Waals surface area contributed by atoms with Gasteiger partial charge in [0.05, 0.1) is 30.2 Å². The molecule has 80 valence electrons. The number of carbonyl (C=O) groups excluding carboxylic acids is 1. The summed E-state index contributed by atoms with van der Waals surface area (Å²) < 4.78 is 0. The Hall–Kier alpha value is -1.53. The highest BCUT2D eigenvalue weighted by Gasteiger charge is 2.32. The second-order valence-electron chi connectivity index (χ2n) is 3.48. The molecule has 15 heavy (non-hydrogen) atoms. The van der Waals surface area contributed by atoms with E-state index in [4.69, 9.17) is 0 Å². The zero-order chi connectivity index (χ0) is 10.8. The van der Waals surface area contributed by atoms with Gasteiger partial charge in [-0.05, 0) is 6.07 Å². The van der Waals surface area contributed by atoms with Crippen LogP contribution in [0.4, 0.5) is 0 Å². The maximum atomic E-state index is 11.8. The van der Waals surface area contributed by atoms with Crippen molar-refractivity contribution in [1.29, 1.82) is 0 Å². The molecule has 0 radical (unpaired) electrons. The molecular weight excluding hydrogens is 198 g/mol. The van der Waals surface area contributed by atoms with Gasteiger partial charge in [-0.1, -0.05) is 0 Å². The molecule has 1 aromatic heterocycles. The van der Waals surface area contributed by atoms with Gasteiger partial charge in [-0.25, -0.2) is 0 Å². The first-order chi connectivity index (χ1) is 7.18. The normalized spacial score (nSPS) is 25.6. The van der Waals surface area contributed by atoms with E-state index in [-0.39, 0.29) is 19.0 Å². The van der Waals surface area contributed by atoms with Crippen LogP contribution in [0.25, 0.3) is 0 Å². The lowest BCUT2D eigenvalue weighted by Crippen LogP contribution is -2.29. The number of amides is 1. The molecule has 1 aliphatic heterocycles. The van der Waals surface area contributed by atoms with Gasteiger partial charge in [0.25, 0.3) is 5.91 Å². The third-order valence-corrected chi connectivity index (χ3v) is 2.38. The summed E-state index contributed by atoms with van der Waals surface area (Å²) in [5.74, 6) is -0.250. The summed E-state index contributed by atoms with van der Waals surface area (Å²) in [6.45, 7) is 0.310. The molecule has 1 amide bonds. The first-order valence-electron chi connectivity index (χ1n) is 4.60. The molecule has 1 aliphatic rings. The van der Waals surface area contributed by atoms with E-state index in [0.717, 1.165) is 0 Å². The summed E-state index contributed by atoms with van der Waals surface area (Å²) in [6.07, 6.45) is 1.07. The third kappa shape index (κ3) is 1.95. The standard InChI is InChI=1S/C9H11N3O3/c13-7-4-12(5-8(7)14)9(15)6-1-2-10-11-3-6/h1-3,7-8,13-14H,4-5H2/t7-,8+. The van der Waals surface area contributed by atoms with Crippen LogP contribution < -0.4 is 0 Å². The van der Waals surface area contributed by atoms with Crippen LogP contribution in [0.5, 0.6) is 0 Å². The molecule has 2 atom stereocenters. The van der Waals surface area contributed by atoms with Crippen molar-refractivity contribution in [3.63, 3.8) is 0 Å². The molecule has 0 aliphatic carbocycles. The molecule has 0 saturated carbocycles. The van der Waals surface area contributed by atoms with Gasteiger partial charge < -0.3 is 15.1 Å². The van der Waals surface area contributed by atoms with Gasteiger partial charge in [0, 0.05) is 13.1 Å². The van der Waals surface area contributed by atoms with E-state index in [2.05, 4.69) is 10.2 Å². The van der Waals surface area contributed by atoms with Crippen molar-refractivity contribution in [2.75, 3.05) is 13.1 Å². The second kappa shape index (κ2) is 3.92. The van der Waals surface area contributed by atoms with Gasteiger partial charge in [0.1, 0.15) is 0 Å². The molecule has 0 unspecified atom stereocenters. The molecule has 1 aromatic rings. The molecule has 2 N–H and O–H groups in total. The maximum absolute atomic E-state index is 11.8.